The van der Waals surface area contributed by atoms with Gasteiger partial charge in [0.05, 0.1) is 35.7 Å². The number of ether oxygens (including phenoxy) is 2. The highest BCUT2D eigenvalue weighted by atomic mass is 35.5. The Balaban J connectivity index is 1.07. The third-order valence-corrected chi connectivity index (χ3v) is 11.8. The maximum atomic E-state index is 11.7. The minimum absolute atomic E-state index is 0.0992. The molecule has 2 aromatic heterocycles. The Morgan fingerprint density at radius 3 is 1.46 bits per heavy atom. The van der Waals surface area contributed by atoms with Crippen LogP contribution in [-0.2, 0) is 22.4 Å². The summed E-state index contributed by atoms with van der Waals surface area (Å²) in [6.45, 7) is 1.42. The molecule has 4 atom stereocenters. The van der Waals surface area contributed by atoms with E-state index in [1.807, 2.05) is 36.4 Å². The van der Waals surface area contributed by atoms with Gasteiger partial charge in [-0.25, -0.2) is 9.97 Å². The monoisotopic (exact) mass is 740 g/mol. The molecule has 2 fully saturated rings. The first-order valence-electron chi connectivity index (χ1n) is 18.1. The number of rotatable bonds is 11. The fourth-order valence-electron chi connectivity index (χ4n) is 8.31. The average molecular weight is 742 g/mol. The molecule has 2 saturated heterocycles. The van der Waals surface area contributed by atoms with Crippen LogP contribution in [-0.4, -0.2) is 61.2 Å². The van der Waals surface area contributed by atoms with Crippen molar-refractivity contribution in [1.29, 1.82) is 0 Å². The first-order valence-corrected chi connectivity index (χ1v) is 18.9. The Morgan fingerprint density at radius 2 is 1.08 bits per heavy atom. The lowest BCUT2D eigenvalue weighted by Gasteiger charge is -2.20. The molecule has 4 N–H and O–H groups in total. The van der Waals surface area contributed by atoms with Crippen molar-refractivity contribution in [3.8, 4) is 45.4 Å². The van der Waals surface area contributed by atoms with Crippen LogP contribution < -0.4 is 30.7 Å². The number of aryl methyl sites for hydroxylation is 2. The van der Waals surface area contributed by atoms with Crippen LogP contribution in [0.25, 0.3) is 33.6 Å². The number of hydrogen-bond donors (Lipinski definition) is 4. The van der Waals surface area contributed by atoms with Crippen LogP contribution in [0.1, 0.15) is 72.9 Å². The predicted octanol–water partition coefficient (Wildman–Crippen LogP) is 6.51. The lowest BCUT2D eigenvalue weighted by Crippen LogP contribution is -2.37. The van der Waals surface area contributed by atoms with Gasteiger partial charge in [-0.3, -0.25) is 9.59 Å². The van der Waals surface area contributed by atoms with Crippen LogP contribution in [0.2, 0.25) is 10.0 Å². The van der Waals surface area contributed by atoms with Crippen molar-refractivity contribution in [1.82, 2.24) is 31.2 Å². The topological polar surface area (TPSA) is 126 Å². The van der Waals surface area contributed by atoms with Crippen LogP contribution in [0.5, 0.6) is 11.8 Å². The molecule has 4 heterocycles. The molecular weight excluding hydrogens is 699 g/mol. The molecule has 0 bridgehead atoms. The summed E-state index contributed by atoms with van der Waals surface area (Å²) in [5.41, 5.74) is 9.14. The van der Waals surface area contributed by atoms with Gasteiger partial charge in [0.2, 0.25) is 23.6 Å². The number of aromatic nitrogens is 2. The summed E-state index contributed by atoms with van der Waals surface area (Å²) in [7, 11) is 3.30. The normalized spacial score (nSPS) is 21.9. The van der Waals surface area contributed by atoms with Crippen molar-refractivity contribution in [3.05, 3.63) is 80.8 Å². The summed E-state index contributed by atoms with van der Waals surface area (Å²) in [5, 5.41) is 14.4. The van der Waals surface area contributed by atoms with Crippen LogP contribution in [0.15, 0.2) is 48.5 Å². The molecule has 0 saturated carbocycles. The first kappa shape index (κ1) is 34.8. The average Bonchev–Trinajstić information content (AvgIpc) is 3.96. The fourth-order valence-corrected chi connectivity index (χ4v) is 8.96. The zero-order valence-electron chi connectivity index (χ0n) is 29.3. The molecule has 2 amide bonds. The number of carbonyl (C=O) groups is 2. The van der Waals surface area contributed by atoms with Crippen molar-refractivity contribution < 1.29 is 19.1 Å². The van der Waals surface area contributed by atoms with Gasteiger partial charge in [0.25, 0.3) is 0 Å². The molecule has 4 aromatic rings. The zero-order chi connectivity index (χ0) is 35.9. The van der Waals surface area contributed by atoms with Gasteiger partial charge in [-0.2, -0.15) is 0 Å². The summed E-state index contributed by atoms with van der Waals surface area (Å²) in [4.78, 5) is 33.3. The molecule has 0 radical (unpaired) electrons. The number of carbonyl (C=O) groups excluding carboxylic acids is 2. The summed E-state index contributed by atoms with van der Waals surface area (Å²) in [5.74, 6) is 1.40. The standard InChI is InChI=1S/C40H42Cl2N6O4/c1-51-39-35-21(9-13-29(35)43-19-23-11-15-33(49)45-23)17-31(47-39)27-7-3-5-25(37(27)41)26-6-4-8-28(38(26)42)32-18-22-10-14-30(36(22)40(48-32)52-2)44-20-24-12-16-34(50)46-24/h3-8,17-18,23-24,29-30,43-44H,9-16,19-20H2,1-2H3,(H,45,49)(H,46,50)/t23-,24-,29-,30?/m0/s1. The summed E-state index contributed by atoms with van der Waals surface area (Å²) >= 11 is 14.5. The minimum Gasteiger partial charge on any atom is -0.481 e. The van der Waals surface area contributed by atoms with Gasteiger partial charge in [0.1, 0.15) is 0 Å². The Hall–Kier alpha value is -4.22. The van der Waals surface area contributed by atoms with Gasteiger partial charge < -0.3 is 30.7 Å². The molecule has 2 aliphatic heterocycles. The van der Waals surface area contributed by atoms with Crippen molar-refractivity contribution in [2.24, 2.45) is 0 Å². The number of nitrogens with zero attached hydrogens (tertiary/aromatic N) is 2. The van der Waals surface area contributed by atoms with E-state index in [1.165, 1.54) is 11.1 Å². The molecule has 2 aliphatic carbocycles. The largest absolute Gasteiger partial charge is 0.481 e. The summed E-state index contributed by atoms with van der Waals surface area (Å²) < 4.78 is 11.7. The SMILES string of the molecule is COc1nc(-c2cccc(-c3cccc(-c4cc5c(c(OC)n4)[C@@H](NC[C@@H]4CCC(=O)N4)CC5)c3Cl)c2Cl)cc2c1C(NC[C@@H]1CCC(=O)N1)CC2. The Labute approximate surface area is 313 Å². The number of nitrogens with one attached hydrogen (secondary N) is 4. The maximum absolute atomic E-state index is 11.7. The van der Waals surface area contributed by atoms with Gasteiger partial charge in [0.15, 0.2) is 0 Å². The van der Waals surface area contributed by atoms with Crippen LogP contribution in [0.3, 0.4) is 0 Å². The van der Waals surface area contributed by atoms with E-state index in [0.29, 0.717) is 47.7 Å². The quantitative estimate of drug-likeness (QED) is 0.137. The number of methoxy groups -OCH3 is 2. The van der Waals surface area contributed by atoms with Crippen molar-refractivity contribution in [2.45, 2.75) is 75.5 Å². The number of fused-ring (bicyclic) bond motifs is 2. The molecule has 2 aromatic carbocycles. The van der Waals surface area contributed by atoms with E-state index < -0.39 is 0 Å². The van der Waals surface area contributed by atoms with Crippen molar-refractivity contribution >= 4 is 35.0 Å². The number of amides is 2. The summed E-state index contributed by atoms with van der Waals surface area (Å²) in [6.07, 6.45) is 6.48. The maximum Gasteiger partial charge on any atom is 0.220 e. The van der Waals surface area contributed by atoms with E-state index in [4.69, 9.17) is 42.6 Å². The third kappa shape index (κ3) is 6.62. The summed E-state index contributed by atoms with van der Waals surface area (Å²) in [6, 6.07) is 16.6. The molecule has 52 heavy (non-hydrogen) atoms. The Kier molecular flexibility index (Phi) is 9.82. The van der Waals surface area contributed by atoms with E-state index in [9.17, 15) is 9.59 Å². The fraction of sp³-hybridized carbons (Fsp3) is 0.400. The molecule has 270 valence electrons. The lowest BCUT2D eigenvalue weighted by molar-refractivity contribution is -0.120. The molecule has 12 heteroatoms. The highest BCUT2D eigenvalue weighted by Gasteiger charge is 2.32. The van der Waals surface area contributed by atoms with Gasteiger partial charge in [-0.05, 0) is 61.8 Å². The smallest absolute Gasteiger partial charge is 0.220 e. The second-order valence-electron chi connectivity index (χ2n) is 14.1. The molecular formula is C40H42Cl2N6O4. The molecule has 1 unspecified atom stereocenters. The highest BCUT2D eigenvalue weighted by molar-refractivity contribution is 6.39. The van der Waals surface area contributed by atoms with Crippen LogP contribution in [0.4, 0.5) is 0 Å². The number of halogens is 2. The van der Waals surface area contributed by atoms with Gasteiger partial charge in [-0.15, -0.1) is 0 Å². The van der Waals surface area contributed by atoms with Gasteiger partial charge in [0, 0.05) is 83.5 Å². The van der Waals surface area contributed by atoms with Crippen molar-refractivity contribution in [2.75, 3.05) is 27.3 Å². The molecule has 10 nitrogen and oxygen atoms in total. The number of pyridine rings is 2. The number of hydrogen-bond acceptors (Lipinski definition) is 8. The third-order valence-electron chi connectivity index (χ3n) is 10.9. The van der Waals surface area contributed by atoms with E-state index in [1.54, 1.807) is 14.2 Å². The minimum atomic E-state index is 0.0992. The van der Waals surface area contributed by atoms with E-state index in [2.05, 4.69) is 33.4 Å². The van der Waals surface area contributed by atoms with Crippen LogP contribution >= 0.6 is 23.2 Å². The highest BCUT2D eigenvalue weighted by Crippen LogP contribution is 2.46. The molecule has 0 spiro atoms. The molecule has 4 aliphatic rings. The Morgan fingerprint density at radius 1 is 0.654 bits per heavy atom. The second kappa shape index (κ2) is 14.7. The van der Waals surface area contributed by atoms with E-state index in [-0.39, 0.29) is 36.0 Å². The predicted molar refractivity (Wildman–Crippen MR) is 202 cm³/mol. The Bertz CT molecular complexity index is 1910. The van der Waals surface area contributed by atoms with Crippen molar-refractivity contribution in [3.63, 3.8) is 0 Å². The van der Waals surface area contributed by atoms with Gasteiger partial charge in [-0.1, -0.05) is 59.6 Å². The zero-order valence-corrected chi connectivity index (χ0v) is 30.8. The van der Waals surface area contributed by atoms with E-state index in [0.717, 1.165) is 83.3 Å². The van der Waals surface area contributed by atoms with E-state index >= 15 is 0 Å². The lowest BCUT2D eigenvalue weighted by atomic mass is 9.97. The van der Waals surface area contributed by atoms with Crippen LogP contribution in [0, 0.1) is 0 Å². The number of benzene rings is 2. The molecule has 8 rings (SSSR count). The first-order chi connectivity index (χ1) is 25.3. The second-order valence-corrected chi connectivity index (χ2v) is 14.9. The van der Waals surface area contributed by atoms with Gasteiger partial charge >= 0.3 is 0 Å².